The van der Waals surface area contributed by atoms with Crippen molar-refractivity contribution in [3.05, 3.63) is 34.9 Å². The first-order valence-corrected chi connectivity index (χ1v) is 5.22. The van der Waals surface area contributed by atoms with E-state index in [4.69, 9.17) is 9.84 Å². The van der Waals surface area contributed by atoms with Crippen LogP contribution >= 0.6 is 0 Å². The van der Waals surface area contributed by atoms with Crippen molar-refractivity contribution in [1.29, 1.82) is 0 Å². The molecule has 0 atom stereocenters. The SMILES string of the molecule is COCc1ccc(F)c(CCCC(=O)O)c1F. The molecule has 5 heteroatoms. The van der Waals surface area contributed by atoms with Crippen LogP contribution in [-0.2, 0) is 22.6 Å². The number of aliphatic carboxylic acids is 1. The maximum Gasteiger partial charge on any atom is 0.303 e. The van der Waals surface area contributed by atoms with Crippen molar-refractivity contribution in [3.63, 3.8) is 0 Å². The summed E-state index contributed by atoms with van der Waals surface area (Å²) in [4.78, 5) is 10.3. The standard InChI is InChI=1S/C12H14F2O3/c1-17-7-8-5-6-10(13)9(12(8)14)3-2-4-11(15)16/h5-6H,2-4,7H2,1H3,(H,15,16). The van der Waals surface area contributed by atoms with E-state index in [1.54, 1.807) is 0 Å². The number of halogens is 2. The minimum absolute atomic E-state index is 0.0675. The van der Waals surface area contributed by atoms with Gasteiger partial charge in [-0.3, -0.25) is 4.79 Å². The van der Waals surface area contributed by atoms with Gasteiger partial charge in [0.15, 0.2) is 0 Å². The van der Waals surface area contributed by atoms with E-state index < -0.39 is 17.6 Å². The molecule has 17 heavy (non-hydrogen) atoms. The number of ether oxygens (including phenoxy) is 1. The maximum absolute atomic E-state index is 13.8. The summed E-state index contributed by atoms with van der Waals surface area (Å²) in [5.41, 5.74) is 0.208. The monoisotopic (exact) mass is 244 g/mol. The Morgan fingerprint density at radius 3 is 2.71 bits per heavy atom. The molecule has 0 spiro atoms. The smallest absolute Gasteiger partial charge is 0.303 e. The van der Waals surface area contributed by atoms with Crippen LogP contribution in [0.4, 0.5) is 8.78 Å². The van der Waals surface area contributed by atoms with Gasteiger partial charge < -0.3 is 9.84 Å². The molecule has 0 aliphatic carbocycles. The van der Waals surface area contributed by atoms with Crippen molar-refractivity contribution in [2.75, 3.05) is 7.11 Å². The molecule has 3 nitrogen and oxygen atoms in total. The van der Waals surface area contributed by atoms with Crippen molar-refractivity contribution >= 4 is 5.97 Å². The molecule has 1 N–H and O–H groups in total. The maximum atomic E-state index is 13.8. The molecule has 94 valence electrons. The molecule has 0 radical (unpaired) electrons. The summed E-state index contributed by atoms with van der Waals surface area (Å²) < 4.78 is 31.9. The van der Waals surface area contributed by atoms with Gasteiger partial charge >= 0.3 is 5.97 Å². The Labute approximate surface area is 98.0 Å². The van der Waals surface area contributed by atoms with Crippen LogP contribution in [-0.4, -0.2) is 18.2 Å². The summed E-state index contributed by atoms with van der Waals surface area (Å²) in [5.74, 6) is -2.26. The molecule has 0 aliphatic rings. The zero-order chi connectivity index (χ0) is 12.8. The first kappa shape index (κ1) is 13.6. The molecule has 0 fully saturated rings. The van der Waals surface area contributed by atoms with Crippen LogP contribution < -0.4 is 0 Å². The molecule has 0 unspecified atom stereocenters. The second-order valence-corrected chi connectivity index (χ2v) is 3.68. The first-order valence-electron chi connectivity index (χ1n) is 5.22. The summed E-state index contributed by atoms with van der Waals surface area (Å²) >= 11 is 0. The lowest BCUT2D eigenvalue weighted by molar-refractivity contribution is -0.137. The van der Waals surface area contributed by atoms with Crippen molar-refractivity contribution < 1.29 is 23.4 Å². The highest BCUT2D eigenvalue weighted by Gasteiger charge is 2.13. The van der Waals surface area contributed by atoms with E-state index in [9.17, 15) is 13.6 Å². The van der Waals surface area contributed by atoms with Gasteiger partial charge in [0.2, 0.25) is 0 Å². The van der Waals surface area contributed by atoms with E-state index in [2.05, 4.69) is 0 Å². The Morgan fingerprint density at radius 2 is 2.12 bits per heavy atom. The number of methoxy groups -OCH3 is 1. The van der Waals surface area contributed by atoms with Crippen LogP contribution in [0.2, 0.25) is 0 Å². The molecular formula is C12H14F2O3. The summed E-state index contributed by atoms with van der Waals surface area (Å²) in [6.07, 6.45) is 0.175. The highest BCUT2D eigenvalue weighted by atomic mass is 19.1. The zero-order valence-electron chi connectivity index (χ0n) is 9.50. The molecule has 0 amide bonds. The second kappa shape index (κ2) is 6.30. The second-order valence-electron chi connectivity index (χ2n) is 3.68. The molecule has 1 aromatic rings. The molecule has 0 aliphatic heterocycles. The van der Waals surface area contributed by atoms with Gasteiger partial charge in [-0.1, -0.05) is 6.07 Å². The fourth-order valence-corrected chi connectivity index (χ4v) is 1.56. The summed E-state index contributed by atoms with van der Waals surface area (Å²) in [6.45, 7) is 0.0675. The van der Waals surface area contributed by atoms with Crippen LogP contribution in [0.3, 0.4) is 0 Å². The van der Waals surface area contributed by atoms with E-state index in [-0.39, 0.29) is 37.0 Å². The van der Waals surface area contributed by atoms with Gasteiger partial charge in [0.1, 0.15) is 11.6 Å². The lowest BCUT2D eigenvalue weighted by Gasteiger charge is -2.08. The largest absolute Gasteiger partial charge is 0.481 e. The van der Waals surface area contributed by atoms with Gasteiger partial charge in [0.25, 0.3) is 0 Å². The van der Waals surface area contributed by atoms with Crippen molar-refractivity contribution in [2.24, 2.45) is 0 Å². The van der Waals surface area contributed by atoms with Crippen LogP contribution in [0.25, 0.3) is 0 Å². The fraction of sp³-hybridized carbons (Fsp3) is 0.417. The predicted molar refractivity (Wildman–Crippen MR) is 57.6 cm³/mol. The van der Waals surface area contributed by atoms with E-state index in [0.717, 1.165) is 0 Å². The number of hydrogen-bond donors (Lipinski definition) is 1. The highest BCUT2D eigenvalue weighted by Crippen LogP contribution is 2.19. The summed E-state index contributed by atoms with van der Waals surface area (Å²) in [6, 6.07) is 2.50. The average molecular weight is 244 g/mol. The molecule has 0 saturated heterocycles. The van der Waals surface area contributed by atoms with Crippen LogP contribution in [0.5, 0.6) is 0 Å². The Hall–Kier alpha value is -1.49. The lowest BCUT2D eigenvalue weighted by atomic mass is 10.0. The van der Waals surface area contributed by atoms with E-state index in [1.165, 1.54) is 19.2 Å². The van der Waals surface area contributed by atoms with E-state index in [0.29, 0.717) is 0 Å². The molecule has 0 aromatic heterocycles. The number of carboxylic acids is 1. The quantitative estimate of drug-likeness (QED) is 0.836. The Balaban J connectivity index is 2.81. The van der Waals surface area contributed by atoms with Gasteiger partial charge in [-0.05, 0) is 18.9 Å². The minimum atomic E-state index is -0.973. The molecule has 0 bridgehead atoms. The number of carboxylic acid groups (broad SMARTS) is 1. The van der Waals surface area contributed by atoms with Crippen molar-refractivity contribution in [3.8, 4) is 0 Å². The minimum Gasteiger partial charge on any atom is -0.481 e. The van der Waals surface area contributed by atoms with Gasteiger partial charge in [0.05, 0.1) is 6.61 Å². The lowest BCUT2D eigenvalue weighted by Crippen LogP contribution is -2.03. The molecule has 0 heterocycles. The Bertz CT molecular complexity index is 405. The number of carbonyl (C=O) groups is 1. The van der Waals surface area contributed by atoms with Crippen LogP contribution in [0, 0.1) is 11.6 Å². The first-order chi connectivity index (χ1) is 8.06. The Morgan fingerprint density at radius 1 is 1.41 bits per heavy atom. The van der Waals surface area contributed by atoms with E-state index in [1.807, 2.05) is 0 Å². The van der Waals surface area contributed by atoms with E-state index >= 15 is 0 Å². The molecule has 0 saturated carbocycles. The normalized spacial score (nSPS) is 10.5. The number of benzene rings is 1. The third-order valence-corrected chi connectivity index (χ3v) is 2.38. The Kier molecular flexibility index (Phi) is 5.03. The van der Waals surface area contributed by atoms with Gasteiger partial charge in [-0.15, -0.1) is 0 Å². The number of rotatable bonds is 6. The summed E-state index contributed by atoms with van der Waals surface area (Å²) in [5, 5.41) is 8.46. The summed E-state index contributed by atoms with van der Waals surface area (Å²) in [7, 11) is 1.42. The van der Waals surface area contributed by atoms with Crippen LogP contribution in [0.1, 0.15) is 24.0 Å². The van der Waals surface area contributed by atoms with Crippen molar-refractivity contribution in [1.82, 2.24) is 0 Å². The highest BCUT2D eigenvalue weighted by molar-refractivity contribution is 5.66. The zero-order valence-corrected chi connectivity index (χ0v) is 9.50. The molecule has 1 aromatic carbocycles. The third-order valence-electron chi connectivity index (χ3n) is 2.38. The third kappa shape index (κ3) is 3.78. The van der Waals surface area contributed by atoms with Gasteiger partial charge in [-0.2, -0.15) is 0 Å². The fourth-order valence-electron chi connectivity index (χ4n) is 1.56. The molecular weight excluding hydrogens is 230 g/mol. The van der Waals surface area contributed by atoms with Gasteiger partial charge in [0, 0.05) is 24.7 Å². The average Bonchev–Trinajstić information content (AvgIpc) is 2.27. The van der Waals surface area contributed by atoms with Crippen molar-refractivity contribution in [2.45, 2.75) is 25.9 Å². The van der Waals surface area contributed by atoms with Gasteiger partial charge in [-0.25, -0.2) is 8.78 Å². The molecule has 1 rings (SSSR count). The number of hydrogen-bond acceptors (Lipinski definition) is 2. The predicted octanol–water partition coefficient (Wildman–Crippen LogP) is 2.52. The topological polar surface area (TPSA) is 46.5 Å². The van der Waals surface area contributed by atoms with Crippen LogP contribution in [0.15, 0.2) is 12.1 Å².